The average Bonchev–Trinajstić information content (AvgIpc) is 2.75. The molecule has 1 aliphatic carbocycles. The SMILES string of the molecule is COc1ccccc1COC[C@@H](O)CNCC1(N2CCCCC2)CCCCC1. The van der Waals surface area contributed by atoms with E-state index in [2.05, 4.69) is 10.2 Å². The Hall–Kier alpha value is -1.14. The molecule has 158 valence electrons. The summed E-state index contributed by atoms with van der Waals surface area (Å²) in [6, 6.07) is 7.85. The molecule has 5 heteroatoms. The predicted octanol–water partition coefficient (Wildman–Crippen LogP) is 3.35. The number of para-hydroxylation sites is 1. The molecule has 0 amide bonds. The highest BCUT2D eigenvalue weighted by molar-refractivity contribution is 5.32. The van der Waals surface area contributed by atoms with E-state index in [9.17, 15) is 5.11 Å². The number of likely N-dealkylation sites (tertiary alicyclic amines) is 1. The number of nitrogens with one attached hydrogen (secondary N) is 1. The van der Waals surface area contributed by atoms with E-state index in [0.29, 0.717) is 25.3 Å². The minimum atomic E-state index is -0.489. The normalized spacial score (nSPS) is 21.4. The summed E-state index contributed by atoms with van der Waals surface area (Å²) in [5, 5.41) is 13.9. The van der Waals surface area contributed by atoms with Crippen molar-refractivity contribution in [1.82, 2.24) is 10.2 Å². The molecule has 2 aliphatic rings. The number of hydrogen-bond donors (Lipinski definition) is 2. The summed E-state index contributed by atoms with van der Waals surface area (Å²) in [6.07, 6.45) is 10.2. The van der Waals surface area contributed by atoms with Crippen molar-refractivity contribution >= 4 is 0 Å². The van der Waals surface area contributed by atoms with E-state index < -0.39 is 6.10 Å². The number of methoxy groups -OCH3 is 1. The number of nitrogens with zero attached hydrogens (tertiary/aromatic N) is 1. The molecule has 1 aromatic rings. The Bertz CT molecular complexity index is 569. The highest BCUT2D eigenvalue weighted by atomic mass is 16.5. The molecule has 1 aliphatic heterocycles. The zero-order valence-electron chi connectivity index (χ0n) is 17.5. The van der Waals surface area contributed by atoms with Crippen LogP contribution in [-0.2, 0) is 11.3 Å². The maximum absolute atomic E-state index is 10.3. The van der Waals surface area contributed by atoms with Crippen molar-refractivity contribution in [2.24, 2.45) is 0 Å². The zero-order valence-corrected chi connectivity index (χ0v) is 17.5. The summed E-state index contributed by atoms with van der Waals surface area (Å²) >= 11 is 0. The first-order valence-electron chi connectivity index (χ1n) is 11.1. The number of ether oxygens (including phenoxy) is 2. The molecule has 0 aromatic heterocycles. The lowest BCUT2D eigenvalue weighted by Gasteiger charge is -2.48. The Labute approximate surface area is 170 Å². The van der Waals surface area contributed by atoms with Crippen molar-refractivity contribution in [3.8, 4) is 5.75 Å². The van der Waals surface area contributed by atoms with Crippen molar-refractivity contribution in [2.45, 2.75) is 69.6 Å². The standard InChI is InChI=1S/C23H38N2O3/c1-27-22-11-5-4-10-20(22)17-28-18-21(26)16-24-19-23(12-6-2-7-13-23)25-14-8-3-9-15-25/h4-5,10-11,21,24,26H,2-3,6-9,12-19H2,1H3/t21-/m0/s1. The number of rotatable bonds is 10. The van der Waals surface area contributed by atoms with Crippen molar-refractivity contribution in [3.05, 3.63) is 29.8 Å². The summed E-state index contributed by atoms with van der Waals surface area (Å²) in [7, 11) is 1.67. The molecule has 1 aromatic carbocycles. The van der Waals surface area contributed by atoms with E-state index in [1.54, 1.807) is 7.11 Å². The average molecular weight is 391 g/mol. The van der Waals surface area contributed by atoms with E-state index in [0.717, 1.165) is 17.9 Å². The summed E-state index contributed by atoms with van der Waals surface area (Å²) in [4.78, 5) is 2.74. The highest BCUT2D eigenvalue weighted by Gasteiger charge is 2.37. The molecular weight excluding hydrogens is 352 g/mol. The second-order valence-electron chi connectivity index (χ2n) is 8.44. The fourth-order valence-electron chi connectivity index (χ4n) is 4.84. The summed E-state index contributed by atoms with van der Waals surface area (Å²) in [6.45, 7) is 4.84. The molecule has 2 fully saturated rings. The fourth-order valence-corrected chi connectivity index (χ4v) is 4.84. The first kappa shape index (κ1) is 21.6. The molecular formula is C23H38N2O3. The van der Waals surface area contributed by atoms with Gasteiger partial charge in [0.1, 0.15) is 5.75 Å². The van der Waals surface area contributed by atoms with Crippen LogP contribution in [0.5, 0.6) is 5.75 Å². The molecule has 28 heavy (non-hydrogen) atoms. The Morgan fingerprint density at radius 2 is 1.79 bits per heavy atom. The largest absolute Gasteiger partial charge is 0.496 e. The van der Waals surface area contributed by atoms with Crippen molar-refractivity contribution in [1.29, 1.82) is 0 Å². The third-order valence-electron chi connectivity index (χ3n) is 6.41. The van der Waals surface area contributed by atoms with Gasteiger partial charge in [0.25, 0.3) is 0 Å². The number of hydrogen-bond acceptors (Lipinski definition) is 5. The van der Waals surface area contributed by atoms with Crippen LogP contribution in [0.15, 0.2) is 24.3 Å². The summed E-state index contributed by atoms with van der Waals surface area (Å²) < 4.78 is 11.1. The molecule has 3 rings (SSSR count). The van der Waals surface area contributed by atoms with E-state index in [4.69, 9.17) is 9.47 Å². The summed E-state index contributed by atoms with van der Waals surface area (Å²) in [5.41, 5.74) is 1.31. The third-order valence-corrected chi connectivity index (χ3v) is 6.41. The molecule has 1 saturated heterocycles. The molecule has 0 unspecified atom stereocenters. The highest BCUT2D eigenvalue weighted by Crippen LogP contribution is 2.35. The molecule has 2 N–H and O–H groups in total. The van der Waals surface area contributed by atoms with Gasteiger partial charge in [-0.2, -0.15) is 0 Å². The lowest BCUT2D eigenvalue weighted by atomic mass is 9.79. The van der Waals surface area contributed by atoms with E-state index in [1.807, 2.05) is 24.3 Å². The molecule has 1 saturated carbocycles. The number of piperidine rings is 1. The van der Waals surface area contributed by atoms with Gasteiger partial charge in [-0.15, -0.1) is 0 Å². The lowest BCUT2D eigenvalue weighted by Crippen LogP contribution is -2.58. The van der Waals surface area contributed by atoms with Crippen molar-refractivity contribution in [2.75, 3.05) is 39.9 Å². The van der Waals surface area contributed by atoms with Gasteiger partial charge >= 0.3 is 0 Å². The molecule has 0 radical (unpaired) electrons. The smallest absolute Gasteiger partial charge is 0.124 e. The van der Waals surface area contributed by atoms with Crippen LogP contribution in [-0.4, -0.2) is 61.5 Å². The van der Waals surface area contributed by atoms with Gasteiger partial charge in [-0.1, -0.05) is 43.9 Å². The molecule has 1 heterocycles. The first-order valence-corrected chi connectivity index (χ1v) is 11.1. The van der Waals surface area contributed by atoms with Crippen LogP contribution in [0.3, 0.4) is 0 Å². The quantitative estimate of drug-likeness (QED) is 0.642. The Kier molecular flexibility index (Phi) is 8.59. The first-order chi connectivity index (χ1) is 13.7. The van der Waals surface area contributed by atoms with Crippen LogP contribution < -0.4 is 10.1 Å². The van der Waals surface area contributed by atoms with Crippen LogP contribution >= 0.6 is 0 Å². The number of aliphatic hydroxyl groups excluding tert-OH is 1. The van der Waals surface area contributed by atoms with Crippen LogP contribution in [0.25, 0.3) is 0 Å². The third kappa shape index (κ3) is 5.93. The van der Waals surface area contributed by atoms with Gasteiger partial charge in [-0.3, -0.25) is 4.90 Å². The second-order valence-corrected chi connectivity index (χ2v) is 8.44. The van der Waals surface area contributed by atoms with Gasteiger partial charge in [0.2, 0.25) is 0 Å². The minimum absolute atomic E-state index is 0.302. The number of benzene rings is 1. The predicted molar refractivity (Wildman–Crippen MR) is 113 cm³/mol. The van der Waals surface area contributed by atoms with Gasteiger partial charge in [0.05, 0.1) is 26.4 Å². The van der Waals surface area contributed by atoms with Gasteiger partial charge < -0.3 is 19.9 Å². The van der Waals surface area contributed by atoms with Gasteiger partial charge in [-0.25, -0.2) is 0 Å². The van der Waals surface area contributed by atoms with Gasteiger partial charge in [0, 0.05) is 24.2 Å². The van der Waals surface area contributed by atoms with Crippen LogP contribution in [0.1, 0.15) is 56.9 Å². The van der Waals surface area contributed by atoms with Crippen LogP contribution in [0.2, 0.25) is 0 Å². The molecule has 0 bridgehead atoms. The van der Waals surface area contributed by atoms with Gasteiger partial charge in [-0.05, 0) is 44.8 Å². The Balaban J connectivity index is 1.41. The Morgan fingerprint density at radius 1 is 1.07 bits per heavy atom. The van der Waals surface area contributed by atoms with E-state index in [-0.39, 0.29) is 0 Å². The topological polar surface area (TPSA) is 54.0 Å². The molecule has 0 spiro atoms. The van der Waals surface area contributed by atoms with Gasteiger partial charge in [0.15, 0.2) is 0 Å². The summed E-state index contributed by atoms with van der Waals surface area (Å²) in [5.74, 6) is 0.830. The fraction of sp³-hybridized carbons (Fsp3) is 0.739. The Morgan fingerprint density at radius 3 is 2.54 bits per heavy atom. The molecule has 5 nitrogen and oxygen atoms in total. The van der Waals surface area contributed by atoms with Crippen molar-refractivity contribution < 1.29 is 14.6 Å². The maximum atomic E-state index is 10.3. The number of aliphatic hydroxyl groups is 1. The van der Waals surface area contributed by atoms with E-state index >= 15 is 0 Å². The lowest BCUT2D eigenvalue weighted by molar-refractivity contribution is 0.0148. The van der Waals surface area contributed by atoms with E-state index in [1.165, 1.54) is 64.5 Å². The maximum Gasteiger partial charge on any atom is 0.124 e. The van der Waals surface area contributed by atoms with Crippen LogP contribution in [0.4, 0.5) is 0 Å². The monoisotopic (exact) mass is 390 g/mol. The zero-order chi connectivity index (χ0) is 19.7. The second kappa shape index (κ2) is 11.1. The van der Waals surface area contributed by atoms with Crippen LogP contribution in [0, 0.1) is 0 Å². The molecule has 1 atom stereocenters. The van der Waals surface area contributed by atoms with Crippen molar-refractivity contribution in [3.63, 3.8) is 0 Å². The minimum Gasteiger partial charge on any atom is -0.496 e.